The van der Waals surface area contributed by atoms with E-state index in [1.165, 1.54) is 6.21 Å². The van der Waals surface area contributed by atoms with Crippen LogP contribution in [-0.4, -0.2) is 18.1 Å². The molecule has 1 aromatic heterocycles. The molecule has 0 saturated heterocycles. The molecule has 0 saturated carbocycles. The Kier molecular flexibility index (Phi) is 5.39. The van der Waals surface area contributed by atoms with E-state index >= 15 is 0 Å². The first-order valence-electron chi connectivity index (χ1n) is 9.30. The summed E-state index contributed by atoms with van der Waals surface area (Å²) in [5.41, 5.74) is 5.19. The maximum atomic E-state index is 12.3. The highest BCUT2D eigenvalue weighted by Gasteiger charge is 2.12. The fourth-order valence-electron chi connectivity index (χ4n) is 2.90. The zero-order valence-corrected chi connectivity index (χ0v) is 16.2. The minimum atomic E-state index is -0.439. The van der Waals surface area contributed by atoms with E-state index < -0.39 is 11.9 Å². The van der Waals surface area contributed by atoms with Gasteiger partial charge in [0, 0.05) is 5.39 Å². The maximum absolute atomic E-state index is 12.3. The molecule has 4 rings (SSSR count). The lowest BCUT2D eigenvalue weighted by molar-refractivity contribution is 0.0733. The van der Waals surface area contributed by atoms with Crippen molar-refractivity contribution in [1.82, 2.24) is 5.43 Å². The van der Waals surface area contributed by atoms with Gasteiger partial charge >= 0.3 is 11.9 Å². The van der Waals surface area contributed by atoms with Crippen molar-refractivity contribution in [3.8, 4) is 5.75 Å². The number of ether oxygens (including phenoxy) is 1. The Labute approximate surface area is 172 Å². The number of hydrogen-bond acceptors (Lipinski definition) is 5. The lowest BCUT2D eigenvalue weighted by atomic mass is 10.1. The second-order valence-corrected chi connectivity index (χ2v) is 6.62. The Morgan fingerprint density at radius 1 is 0.967 bits per heavy atom. The smallest absolute Gasteiger partial charge is 0.343 e. The topological polar surface area (TPSA) is 80.9 Å². The van der Waals surface area contributed by atoms with E-state index in [0.717, 1.165) is 16.5 Å². The van der Waals surface area contributed by atoms with E-state index in [2.05, 4.69) is 10.5 Å². The van der Waals surface area contributed by atoms with Gasteiger partial charge in [0.25, 0.3) is 0 Å². The molecule has 1 N–H and O–H groups in total. The molecular formula is C24H18N2O4. The highest BCUT2D eigenvalue weighted by molar-refractivity contribution is 5.96. The summed E-state index contributed by atoms with van der Waals surface area (Å²) in [6, 6.07) is 23.1. The Morgan fingerprint density at radius 2 is 1.70 bits per heavy atom. The van der Waals surface area contributed by atoms with Gasteiger partial charge in [0.15, 0.2) is 5.76 Å². The first-order chi connectivity index (χ1) is 14.6. The third-order valence-corrected chi connectivity index (χ3v) is 4.48. The van der Waals surface area contributed by atoms with Crippen molar-refractivity contribution in [1.29, 1.82) is 0 Å². The fourth-order valence-corrected chi connectivity index (χ4v) is 2.90. The molecule has 0 bridgehead atoms. The molecule has 6 heteroatoms. The van der Waals surface area contributed by atoms with E-state index in [0.29, 0.717) is 16.9 Å². The Balaban J connectivity index is 1.36. The number of hydrazone groups is 1. The van der Waals surface area contributed by atoms with Gasteiger partial charge in [0.1, 0.15) is 11.3 Å². The number of para-hydroxylation sites is 1. The van der Waals surface area contributed by atoms with Crippen LogP contribution in [0.1, 0.15) is 32.0 Å². The van der Waals surface area contributed by atoms with Crippen molar-refractivity contribution in [2.75, 3.05) is 0 Å². The first-order valence-corrected chi connectivity index (χ1v) is 9.30. The second kappa shape index (κ2) is 8.45. The number of nitrogens with zero attached hydrogens (tertiary/aromatic N) is 1. The van der Waals surface area contributed by atoms with Gasteiger partial charge in [0.2, 0.25) is 0 Å². The van der Waals surface area contributed by atoms with Crippen molar-refractivity contribution in [3.05, 3.63) is 101 Å². The number of rotatable bonds is 5. The van der Waals surface area contributed by atoms with Gasteiger partial charge in [-0.25, -0.2) is 10.2 Å². The summed E-state index contributed by atoms with van der Waals surface area (Å²) < 4.78 is 10.9. The Morgan fingerprint density at radius 3 is 2.47 bits per heavy atom. The summed E-state index contributed by atoms with van der Waals surface area (Å²) in [6.45, 7) is 1.86. The van der Waals surface area contributed by atoms with E-state index in [1.807, 2.05) is 37.3 Å². The van der Waals surface area contributed by atoms with Gasteiger partial charge in [-0.15, -0.1) is 0 Å². The average Bonchev–Trinajstić information content (AvgIpc) is 3.20. The number of carbonyl (C=O) groups excluding carboxylic acids is 2. The van der Waals surface area contributed by atoms with Crippen molar-refractivity contribution < 1.29 is 18.7 Å². The molecule has 0 spiro atoms. The van der Waals surface area contributed by atoms with E-state index in [9.17, 15) is 9.59 Å². The predicted molar refractivity (Wildman–Crippen MR) is 114 cm³/mol. The van der Waals surface area contributed by atoms with Crippen LogP contribution in [0.5, 0.6) is 5.75 Å². The van der Waals surface area contributed by atoms with Gasteiger partial charge in [-0.3, -0.25) is 4.79 Å². The molecule has 30 heavy (non-hydrogen) atoms. The van der Waals surface area contributed by atoms with Crippen molar-refractivity contribution in [2.24, 2.45) is 5.10 Å². The monoisotopic (exact) mass is 398 g/mol. The molecule has 0 aliphatic heterocycles. The van der Waals surface area contributed by atoms with Crippen LogP contribution < -0.4 is 10.2 Å². The summed E-state index contributed by atoms with van der Waals surface area (Å²) in [7, 11) is 0. The quantitative estimate of drug-likeness (QED) is 0.228. The number of esters is 1. The Hall–Kier alpha value is -4.19. The predicted octanol–water partition coefficient (Wildman–Crippen LogP) is 4.72. The third kappa shape index (κ3) is 4.28. The first kappa shape index (κ1) is 19.1. The van der Waals surface area contributed by atoms with Gasteiger partial charge in [-0.1, -0.05) is 36.4 Å². The van der Waals surface area contributed by atoms with E-state index in [-0.39, 0.29) is 5.76 Å². The van der Waals surface area contributed by atoms with Crippen LogP contribution in [0, 0.1) is 6.92 Å². The second-order valence-electron chi connectivity index (χ2n) is 6.62. The molecule has 1 heterocycles. The van der Waals surface area contributed by atoms with Crippen LogP contribution in [0.4, 0.5) is 0 Å². The summed E-state index contributed by atoms with van der Waals surface area (Å²) >= 11 is 0. The molecule has 0 aliphatic carbocycles. The summed E-state index contributed by atoms with van der Waals surface area (Å²) in [5, 5.41) is 4.80. The summed E-state index contributed by atoms with van der Waals surface area (Å²) in [6.07, 6.45) is 1.49. The van der Waals surface area contributed by atoms with E-state index in [1.54, 1.807) is 48.5 Å². The molecule has 3 aromatic carbocycles. The minimum Gasteiger partial charge on any atom is -0.451 e. The highest BCUT2D eigenvalue weighted by Crippen LogP contribution is 2.19. The number of fused-ring (bicyclic) bond motifs is 1. The number of nitrogens with one attached hydrogen (secondary N) is 1. The lowest BCUT2D eigenvalue weighted by Crippen LogP contribution is -2.16. The van der Waals surface area contributed by atoms with Crippen molar-refractivity contribution in [2.45, 2.75) is 6.92 Å². The minimum absolute atomic E-state index is 0.187. The molecule has 6 nitrogen and oxygen atoms in total. The summed E-state index contributed by atoms with van der Waals surface area (Å²) in [5.74, 6) is -0.239. The number of aryl methyl sites for hydroxylation is 1. The van der Waals surface area contributed by atoms with Gasteiger partial charge in [-0.2, -0.15) is 5.10 Å². The molecule has 148 valence electrons. The summed E-state index contributed by atoms with van der Waals surface area (Å²) in [4.78, 5) is 24.4. The van der Waals surface area contributed by atoms with Crippen LogP contribution in [-0.2, 0) is 0 Å². The number of benzene rings is 3. The standard InChI is InChI=1S/C24H18N2O4/c1-16-6-2-4-8-20(16)24(28)29-19-12-10-17(11-13-19)15-25-26-23(27)22-14-18-7-3-5-9-21(18)30-22/h2-15H,1H3,(H,26,27)/b25-15+. The van der Waals surface area contributed by atoms with Gasteiger partial charge in [-0.05, 0) is 60.5 Å². The van der Waals surface area contributed by atoms with Gasteiger partial charge in [0.05, 0.1) is 11.8 Å². The average molecular weight is 398 g/mol. The molecule has 0 unspecified atom stereocenters. The SMILES string of the molecule is Cc1ccccc1C(=O)Oc1ccc(/C=N/NC(=O)c2cc3ccccc3o2)cc1. The van der Waals surface area contributed by atoms with Gasteiger partial charge < -0.3 is 9.15 Å². The third-order valence-electron chi connectivity index (χ3n) is 4.48. The van der Waals surface area contributed by atoms with E-state index in [4.69, 9.17) is 9.15 Å². The molecule has 0 radical (unpaired) electrons. The molecule has 4 aromatic rings. The zero-order valence-electron chi connectivity index (χ0n) is 16.2. The fraction of sp³-hybridized carbons (Fsp3) is 0.0417. The largest absolute Gasteiger partial charge is 0.451 e. The number of carbonyl (C=O) groups is 2. The van der Waals surface area contributed by atoms with Crippen molar-refractivity contribution in [3.63, 3.8) is 0 Å². The molecule has 1 amide bonds. The molecule has 0 aliphatic rings. The number of amides is 1. The lowest BCUT2D eigenvalue weighted by Gasteiger charge is -2.06. The number of hydrogen-bond donors (Lipinski definition) is 1. The number of furan rings is 1. The molecule has 0 fully saturated rings. The van der Waals surface area contributed by atoms with Crippen LogP contribution >= 0.6 is 0 Å². The maximum Gasteiger partial charge on any atom is 0.343 e. The Bertz CT molecular complexity index is 1210. The van der Waals surface area contributed by atoms with Crippen molar-refractivity contribution >= 4 is 29.1 Å². The zero-order chi connectivity index (χ0) is 20.9. The van der Waals surface area contributed by atoms with Crippen LogP contribution in [0.3, 0.4) is 0 Å². The van der Waals surface area contributed by atoms with Crippen LogP contribution in [0.2, 0.25) is 0 Å². The molecular weight excluding hydrogens is 380 g/mol. The van der Waals surface area contributed by atoms with Crippen LogP contribution in [0.15, 0.2) is 88.4 Å². The molecule has 0 atom stereocenters. The highest BCUT2D eigenvalue weighted by atomic mass is 16.5. The normalized spacial score (nSPS) is 11.0. The van der Waals surface area contributed by atoms with Crippen LogP contribution in [0.25, 0.3) is 11.0 Å².